The second-order valence-corrected chi connectivity index (χ2v) is 5.56. The van der Waals surface area contributed by atoms with E-state index in [1.807, 2.05) is 24.3 Å². The summed E-state index contributed by atoms with van der Waals surface area (Å²) in [5, 5.41) is 3.99. The number of pyridine rings is 1. The molecule has 1 heterocycles. The first-order chi connectivity index (χ1) is 9.67. The zero-order valence-corrected chi connectivity index (χ0v) is 12.5. The summed E-state index contributed by atoms with van der Waals surface area (Å²) in [6.45, 7) is 0. The Balaban J connectivity index is 1.91. The molecule has 1 aromatic carbocycles. The van der Waals surface area contributed by atoms with Crippen LogP contribution < -0.4 is 10.1 Å². The topological polar surface area (TPSA) is 34.2 Å². The van der Waals surface area contributed by atoms with Crippen LogP contribution in [0.4, 0.5) is 5.82 Å². The van der Waals surface area contributed by atoms with Crippen molar-refractivity contribution in [2.45, 2.75) is 18.9 Å². The van der Waals surface area contributed by atoms with Gasteiger partial charge in [0.25, 0.3) is 0 Å². The van der Waals surface area contributed by atoms with Crippen molar-refractivity contribution in [3.05, 3.63) is 40.4 Å². The highest BCUT2D eigenvalue weighted by molar-refractivity contribution is 6.37. The predicted molar refractivity (Wildman–Crippen MR) is 82.9 cm³/mol. The Hall–Kier alpha value is -1.45. The molecule has 0 unspecified atom stereocenters. The maximum Gasteiger partial charge on any atom is 0.145 e. The normalized spacial score (nSPS) is 14.2. The first-order valence-electron chi connectivity index (χ1n) is 6.48. The lowest BCUT2D eigenvalue weighted by molar-refractivity contribution is 0.303. The smallest absolute Gasteiger partial charge is 0.145 e. The van der Waals surface area contributed by atoms with E-state index in [4.69, 9.17) is 27.9 Å². The van der Waals surface area contributed by atoms with Gasteiger partial charge in [0.2, 0.25) is 0 Å². The second-order valence-electron chi connectivity index (χ2n) is 4.74. The van der Waals surface area contributed by atoms with Gasteiger partial charge < -0.3 is 10.1 Å². The van der Waals surface area contributed by atoms with Gasteiger partial charge in [-0.05, 0) is 43.2 Å². The van der Waals surface area contributed by atoms with Crippen molar-refractivity contribution in [3.63, 3.8) is 0 Å². The molecule has 0 saturated heterocycles. The summed E-state index contributed by atoms with van der Waals surface area (Å²) >= 11 is 12.3. The van der Waals surface area contributed by atoms with Crippen molar-refractivity contribution >= 4 is 29.0 Å². The van der Waals surface area contributed by atoms with Crippen molar-refractivity contribution in [2.24, 2.45) is 0 Å². The summed E-state index contributed by atoms with van der Waals surface area (Å²) < 4.78 is 5.72. The Morgan fingerprint density at radius 2 is 1.85 bits per heavy atom. The van der Waals surface area contributed by atoms with Crippen LogP contribution in [0.3, 0.4) is 0 Å². The predicted octanol–water partition coefficient (Wildman–Crippen LogP) is 4.64. The number of benzene rings is 1. The molecule has 3 nitrogen and oxygen atoms in total. The Morgan fingerprint density at radius 1 is 1.15 bits per heavy atom. The monoisotopic (exact) mass is 308 g/mol. The molecule has 0 spiro atoms. The number of nitrogens with zero attached hydrogens (tertiary/aromatic N) is 1. The number of hydrogen-bond acceptors (Lipinski definition) is 3. The molecular weight excluding hydrogens is 295 g/mol. The van der Waals surface area contributed by atoms with Crippen LogP contribution in [0.2, 0.25) is 10.0 Å². The van der Waals surface area contributed by atoms with Crippen molar-refractivity contribution in [2.75, 3.05) is 12.4 Å². The van der Waals surface area contributed by atoms with E-state index >= 15 is 0 Å². The van der Waals surface area contributed by atoms with E-state index in [-0.39, 0.29) is 0 Å². The fraction of sp³-hybridized carbons (Fsp3) is 0.267. The minimum absolute atomic E-state index is 0.397. The van der Waals surface area contributed by atoms with E-state index < -0.39 is 0 Å². The van der Waals surface area contributed by atoms with Gasteiger partial charge in [-0.2, -0.15) is 0 Å². The lowest BCUT2D eigenvalue weighted by atomic mass is 10.1. The average molecular weight is 309 g/mol. The molecular formula is C15H14Cl2N2O. The van der Waals surface area contributed by atoms with Crippen LogP contribution in [0.25, 0.3) is 11.3 Å². The molecule has 0 amide bonds. The van der Waals surface area contributed by atoms with Crippen LogP contribution in [-0.2, 0) is 0 Å². The largest absolute Gasteiger partial charge is 0.490 e. The lowest BCUT2D eigenvalue weighted by Crippen LogP contribution is -1.97. The molecule has 0 bridgehead atoms. The van der Waals surface area contributed by atoms with Crippen LogP contribution in [-0.4, -0.2) is 18.1 Å². The molecule has 0 atom stereocenters. The Bertz CT molecular complexity index is 625. The second kappa shape index (κ2) is 5.51. The molecule has 2 aromatic rings. The van der Waals surface area contributed by atoms with Crippen LogP contribution in [0.15, 0.2) is 30.3 Å². The molecule has 1 aliphatic rings. The van der Waals surface area contributed by atoms with Gasteiger partial charge in [-0.1, -0.05) is 23.2 Å². The third-order valence-corrected chi connectivity index (χ3v) is 3.70. The van der Waals surface area contributed by atoms with Crippen molar-refractivity contribution < 1.29 is 4.74 Å². The Morgan fingerprint density at radius 3 is 2.45 bits per heavy atom. The van der Waals surface area contributed by atoms with E-state index in [2.05, 4.69) is 10.3 Å². The first-order valence-corrected chi connectivity index (χ1v) is 7.24. The summed E-state index contributed by atoms with van der Waals surface area (Å²) in [7, 11) is 1.78. The quantitative estimate of drug-likeness (QED) is 0.893. The third-order valence-electron chi connectivity index (χ3n) is 3.12. The van der Waals surface area contributed by atoms with E-state index in [9.17, 15) is 0 Å². The number of hydrogen-bond donors (Lipinski definition) is 1. The maximum atomic E-state index is 6.22. The van der Waals surface area contributed by atoms with Crippen molar-refractivity contribution in [1.82, 2.24) is 4.98 Å². The van der Waals surface area contributed by atoms with Gasteiger partial charge in [0, 0.05) is 12.6 Å². The van der Waals surface area contributed by atoms with Gasteiger partial charge in [0.05, 0.1) is 21.8 Å². The van der Waals surface area contributed by atoms with Gasteiger partial charge in [0.15, 0.2) is 0 Å². The van der Waals surface area contributed by atoms with Crippen LogP contribution in [0.1, 0.15) is 12.8 Å². The van der Waals surface area contributed by atoms with E-state index in [1.165, 1.54) is 0 Å². The molecule has 104 valence electrons. The Kier molecular flexibility index (Phi) is 3.72. The fourth-order valence-electron chi connectivity index (χ4n) is 1.91. The highest BCUT2D eigenvalue weighted by Gasteiger charge is 2.23. The SMILES string of the molecule is CNc1nc(-c2ccc(OC3CC3)cc2)c(Cl)cc1Cl. The number of halogens is 2. The zero-order chi connectivity index (χ0) is 14.1. The molecule has 5 heteroatoms. The first kappa shape index (κ1) is 13.5. The molecule has 1 N–H and O–H groups in total. The average Bonchev–Trinajstić information content (AvgIpc) is 3.24. The molecule has 0 radical (unpaired) electrons. The van der Waals surface area contributed by atoms with Gasteiger partial charge >= 0.3 is 0 Å². The van der Waals surface area contributed by atoms with Crippen LogP contribution >= 0.6 is 23.2 Å². The molecule has 1 aromatic heterocycles. The van der Waals surface area contributed by atoms with Gasteiger partial charge in [-0.15, -0.1) is 0 Å². The van der Waals surface area contributed by atoms with Gasteiger partial charge in [0.1, 0.15) is 11.6 Å². The van der Waals surface area contributed by atoms with E-state index in [0.717, 1.165) is 24.2 Å². The summed E-state index contributed by atoms with van der Waals surface area (Å²) in [5.41, 5.74) is 1.64. The zero-order valence-electron chi connectivity index (χ0n) is 11.0. The summed E-state index contributed by atoms with van der Waals surface area (Å²) in [6.07, 6.45) is 2.70. The highest BCUT2D eigenvalue weighted by atomic mass is 35.5. The van der Waals surface area contributed by atoms with Crippen LogP contribution in [0.5, 0.6) is 5.75 Å². The molecule has 3 rings (SSSR count). The van der Waals surface area contributed by atoms with Crippen molar-refractivity contribution in [1.29, 1.82) is 0 Å². The number of ether oxygens (including phenoxy) is 1. The highest BCUT2D eigenvalue weighted by Crippen LogP contribution is 2.33. The minimum Gasteiger partial charge on any atom is -0.490 e. The number of nitrogens with one attached hydrogen (secondary N) is 1. The molecule has 1 fully saturated rings. The third kappa shape index (κ3) is 2.84. The van der Waals surface area contributed by atoms with Gasteiger partial charge in [-0.3, -0.25) is 0 Å². The molecule has 0 aliphatic heterocycles. The number of anilines is 1. The summed E-state index contributed by atoms with van der Waals surface area (Å²) in [5.74, 6) is 1.50. The molecule has 1 saturated carbocycles. The molecule has 1 aliphatic carbocycles. The van der Waals surface area contributed by atoms with Crippen molar-refractivity contribution in [3.8, 4) is 17.0 Å². The van der Waals surface area contributed by atoms with E-state index in [0.29, 0.717) is 27.7 Å². The van der Waals surface area contributed by atoms with E-state index in [1.54, 1.807) is 13.1 Å². The lowest BCUT2D eigenvalue weighted by Gasteiger charge is -2.10. The summed E-state index contributed by atoms with van der Waals surface area (Å²) in [4.78, 5) is 4.45. The number of aromatic nitrogens is 1. The van der Waals surface area contributed by atoms with Gasteiger partial charge in [-0.25, -0.2) is 4.98 Å². The minimum atomic E-state index is 0.397. The van der Waals surface area contributed by atoms with Crippen LogP contribution in [0, 0.1) is 0 Å². The molecule has 20 heavy (non-hydrogen) atoms. The fourth-order valence-corrected chi connectivity index (χ4v) is 2.48. The maximum absolute atomic E-state index is 6.22. The Labute approximate surface area is 127 Å². The standard InChI is InChI=1S/C15H14Cl2N2O/c1-18-15-13(17)8-12(16)14(19-15)9-2-4-10(5-3-9)20-11-6-7-11/h2-5,8,11H,6-7H2,1H3,(H,18,19). The number of rotatable bonds is 4. The summed E-state index contributed by atoms with van der Waals surface area (Å²) in [6, 6.07) is 9.50.